The number of ether oxygens (including phenoxy) is 1. The third-order valence-corrected chi connectivity index (χ3v) is 9.25. The fourth-order valence-corrected chi connectivity index (χ4v) is 6.89. The minimum Gasteiger partial charge on any atom is -0.367 e. The van der Waals surface area contributed by atoms with Crippen molar-refractivity contribution in [2.75, 3.05) is 51.3 Å². The molecule has 0 saturated carbocycles. The summed E-state index contributed by atoms with van der Waals surface area (Å²) in [4.78, 5) is 51.3. The highest BCUT2D eigenvalue weighted by atomic mass is 32.1. The molecular weight excluding hydrogens is 564 g/mol. The van der Waals surface area contributed by atoms with Crippen molar-refractivity contribution in [3.63, 3.8) is 0 Å². The number of aromatic nitrogens is 1. The number of rotatable bonds is 8. The largest absolute Gasteiger partial charge is 0.367 e. The summed E-state index contributed by atoms with van der Waals surface area (Å²) in [5, 5.41) is 3.82. The monoisotopic (exact) mass is 601 g/mol. The second-order valence-corrected chi connectivity index (χ2v) is 12.9. The van der Waals surface area contributed by atoms with Crippen LogP contribution in [0.2, 0.25) is 0 Å². The van der Waals surface area contributed by atoms with Crippen molar-refractivity contribution >= 4 is 34.1 Å². The molecule has 1 N–H and O–H groups in total. The molecule has 0 aliphatic carbocycles. The molecule has 4 heterocycles. The van der Waals surface area contributed by atoms with E-state index in [4.69, 9.17) is 9.72 Å². The summed E-state index contributed by atoms with van der Waals surface area (Å²) >= 11 is 1.66. The van der Waals surface area contributed by atoms with Gasteiger partial charge in [0.2, 0.25) is 5.91 Å². The van der Waals surface area contributed by atoms with E-state index in [0.717, 1.165) is 47.4 Å². The SMILES string of the molecule is Cc1sc(N2CCN(C)CC2)nc1-c1ccc(C(=O)NC(CC(C)C)C(=O)N2CC(/C(F)=C/F)C3OCC(=O)C32)cc1. The molecule has 4 unspecified atom stereocenters. The molecule has 226 valence electrons. The van der Waals surface area contributed by atoms with Crippen molar-refractivity contribution < 1.29 is 27.9 Å². The Bertz CT molecular complexity index is 1360. The Hall–Kier alpha value is -3.22. The lowest BCUT2D eigenvalue weighted by Crippen LogP contribution is -2.52. The first-order valence-electron chi connectivity index (χ1n) is 14.3. The zero-order valence-electron chi connectivity index (χ0n) is 24.3. The second kappa shape index (κ2) is 12.6. The number of nitrogens with zero attached hydrogens (tertiary/aromatic N) is 4. The maximum Gasteiger partial charge on any atom is 0.251 e. The number of halogens is 2. The molecule has 1 aromatic heterocycles. The van der Waals surface area contributed by atoms with Gasteiger partial charge in [-0.2, -0.15) is 0 Å². The molecule has 0 spiro atoms. The summed E-state index contributed by atoms with van der Waals surface area (Å²) in [5.74, 6) is -3.40. The van der Waals surface area contributed by atoms with Crippen LogP contribution in [-0.2, 0) is 14.3 Å². The van der Waals surface area contributed by atoms with Gasteiger partial charge in [0.1, 0.15) is 30.8 Å². The molecule has 0 bridgehead atoms. The van der Waals surface area contributed by atoms with E-state index >= 15 is 0 Å². The number of aryl methyl sites for hydroxylation is 1. The number of likely N-dealkylation sites (tertiary alicyclic amines) is 1. The average Bonchev–Trinajstić information content (AvgIpc) is 3.67. The summed E-state index contributed by atoms with van der Waals surface area (Å²) in [6.07, 6.45) is -0.786. The van der Waals surface area contributed by atoms with E-state index in [0.29, 0.717) is 12.0 Å². The lowest BCUT2D eigenvalue weighted by molar-refractivity contribution is -0.138. The lowest BCUT2D eigenvalue weighted by Gasteiger charge is -2.32. The van der Waals surface area contributed by atoms with E-state index in [-0.39, 0.29) is 31.2 Å². The van der Waals surface area contributed by atoms with Crippen LogP contribution >= 0.6 is 11.3 Å². The van der Waals surface area contributed by atoms with Gasteiger partial charge < -0.3 is 24.8 Å². The van der Waals surface area contributed by atoms with Crippen LogP contribution in [0.15, 0.2) is 36.4 Å². The van der Waals surface area contributed by atoms with Gasteiger partial charge in [-0.1, -0.05) is 26.0 Å². The molecule has 3 fully saturated rings. The first-order valence-corrected chi connectivity index (χ1v) is 15.1. The fraction of sp³-hybridized carbons (Fsp3) is 0.533. The van der Waals surface area contributed by atoms with E-state index in [1.165, 1.54) is 4.90 Å². The molecule has 9 nitrogen and oxygen atoms in total. The number of amides is 2. The van der Waals surface area contributed by atoms with Crippen LogP contribution in [-0.4, -0.2) is 96.9 Å². The van der Waals surface area contributed by atoms with Gasteiger partial charge in [0.25, 0.3) is 5.91 Å². The number of piperazine rings is 1. The number of nitrogens with one attached hydrogen (secondary N) is 1. The number of carbonyl (C=O) groups excluding carboxylic acids is 3. The van der Waals surface area contributed by atoms with E-state index in [1.807, 2.05) is 32.9 Å². The number of thiazole rings is 1. The van der Waals surface area contributed by atoms with Crippen LogP contribution in [0.1, 0.15) is 35.5 Å². The summed E-state index contributed by atoms with van der Waals surface area (Å²) in [7, 11) is 2.12. The molecule has 12 heteroatoms. The van der Waals surface area contributed by atoms with Gasteiger partial charge in [0.15, 0.2) is 10.9 Å². The Morgan fingerprint density at radius 3 is 2.52 bits per heavy atom. The molecule has 3 aliphatic rings. The molecule has 3 aliphatic heterocycles. The van der Waals surface area contributed by atoms with Gasteiger partial charge in [-0.15, -0.1) is 11.3 Å². The van der Waals surface area contributed by atoms with E-state index in [1.54, 1.807) is 23.5 Å². The third kappa shape index (κ3) is 6.11. The molecule has 5 rings (SSSR count). The van der Waals surface area contributed by atoms with Gasteiger partial charge >= 0.3 is 0 Å². The lowest BCUT2D eigenvalue weighted by atomic mass is 10.00. The predicted molar refractivity (Wildman–Crippen MR) is 157 cm³/mol. The summed E-state index contributed by atoms with van der Waals surface area (Å²) < 4.78 is 32.7. The normalized spacial score (nSPS) is 23.9. The van der Waals surface area contributed by atoms with Crippen molar-refractivity contribution in [2.24, 2.45) is 11.8 Å². The van der Waals surface area contributed by atoms with Crippen molar-refractivity contribution in [3.05, 3.63) is 46.9 Å². The molecule has 0 radical (unpaired) electrons. The number of carbonyl (C=O) groups is 3. The highest BCUT2D eigenvalue weighted by molar-refractivity contribution is 7.16. The van der Waals surface area contributed by atoms with E-state index < -0.39 is 41.7 Å². The second-order valence-electron chi connectivity index (χ2n) is 11.7. The Kier molecular flexibility index (Phi) is 9.05. The molecule has 2 amide bonds. The molecule has 1 aromatic carbocycles. The zero-order valence-corrected chi connectivity index (χ0v) is 25.1. The quantitative estimate of drug-likeness (QED) is 0.494. The van der Waals surface area contributed by atoms with Crippen LogP contribution in [0.3, 0.4) is 0 Å². The van der Waals surface area contributed by atoms with Gasteiger partial charge in [-0.25, -0.2) is 13.8 Å². The smallest absolute Gasteiger partial charge is 0.251 e. The van der Waals surface area contributed by atoms with Gasteiger partial charge in [0, 0.05) is 48.7 Å². The molecule has 4 atom stereocenters. The van der Waals surface area contributed by atoms with Crippen LogP contribution in [0, 0.1) is 18.8 Å². The zero-order chi connectivity index (χ0) is 30.1. The predicted octanol–water partition coefficient (Wildman–Crippen LogP) is 3.59. The number of ketones is 1. The number of likely N-dealkylation sites (N-methyl/N-ethyl adjacent to an activating group) is 1. The number of hydrogen-bond donors (Lipinski definition) is 1. The maximum atomic E-state index is 14.3. The van der Waals surface area contributed by atoms with Crippen molar-refractivity contribution in [1.82, 2.24) is 20.1 Å². The van der Waals surface area contributed by atoms with Crippen molar-refractivity contribution in [1.29, 1.82) is 0 Å². The highest BCUT2D eigenvalue weighted by Crippen LogP contribution is 2.37. The third-order valence-electron chi connectivity index (χ3n) is 8.22. The first kappa shape index (κ1) is 30.2. The van der Waals surface area contributed by atoms with Crippen LogP contribution in [0.25, 0.3) is 11.3 Å². The molecule has 3 saturated heterocycles. The number of Topliss-reactive ketones (excluding diaryl/α,β-unsaturated/α-hetero) is 1. The minimum atomic E-state index is -1.07. The number of benzene rings is 1. The summed E-state index contributed by atoms with van der Waals surface area (Å²) in [6.45, 7) is 9.25. The Morgan fingerprint density at radius 2 is 1.88 bits per heavy atom. The van der Waals surface area contributed by atoms with Crippen molar-refractivity contribution in [2.45, 2.75) is 45.4 Å². The van der Waals surface area contributed by atoms with E-state index in [9.17, 15) is 23.2 Å². The number of hydrogen-bond acceptors (Lipinski definition) is 8. The molecule has 42 heavy (non-hydrogen) atoms. The Labute approximate surface area is 248 Å². The van der Waals surface area contributed by atoms with Gasteiger partial charge in [-0.3, -0.25) is 14.4 Å². The minimum absolute atomic E-state index is 0.0379. The Balaban J connectivity index is 1.30. The van der Waals surface area contributed by atoms with Crippen LogP contribution < -0.4 is 10.2 Å². The summed E-state index contributed by atoms with van der Waals surface area (Å²) in [5.41, 5.74) is 2.15. The topological polar surface area (TPSA) is 95.1 Å². The first-order chi connectivity index (χ1) is 20.1. The van der Waals surface area contributed by atoms with Gasteiger partial charge in [-0.05, 0) is 38.4 Å². The van der Waals surface area contributed by atoms with Crippen LogP contribution in [0.4, 0.5) is 13.9 Å². The standard InChI is InChI=1S/C30H37F2N5O4S/c1-17(2)13-23(29(40)37-15-21(22(32)14-31)27-26(37)24(38)16-41-27)33-28(39)20-7-5-19(6-8-20)25-18(3)42-30(34-25)36-11-9-35(4)10-12-36/h5-8,14,17,21,23,26-27H,9-13,15-16H2,1-4H3,(H,33,39)/b22-14-. The molecular formula is C30H37F2N5O4S. The van der Waals surface area contributed by atoms with Crippen LogP contribution in [0.5, 0.6) is 0 Å². The van der Waals surface area contributed by atoms with Crippen molar-refractivity contribution in [3.8, 4) is 11.3 Å². The maximum absolute atomic E-state index is 14.3. The summed E-state index contributed by atoms with van der Waals surface area (Å²) in [6, 6.07) is 5.15. The van der Waals surface area contributed by atoms with Gasteiger partial charge in [0.05, 0.1) is 17.7 Å². The number of fused-ring (bicyclic) bond motifs is 1. The Morgan fingerprint density at radius 1 is 1.19 bits per heavy atom. The van der Waals surface area contributed by atoms with E-state index in [2.05, 4.69) is 22.2 Å². The highest BCUT2D eigenvalue weighted by Gasteiger charge is 2.54. The number of anilines is 1. The average molecular weight is 602 g/mol. The molecule has 2 aromatic rings. The fourth-order valence-electron chi connectivity index (χ4n) is 5.90.